The molecule has 2 heterocycles. The van der Waals surface area contributed by atoms with Crippen LogP contribution in [0.4, 0.5) is 28.0 Å². The van der Waals surface area contributed by atoms with Crippen molar-refractivity contribution in [3.05, 3.63) is 47.5 Å². The first-order chi connectivity index (χ1) is 15.1. The molecule has 1 aromatic carbocycles. The highest BCUT2D eigenvalue weighted by Crippen LogP contribution is 2.34. The minimum absolute atomic E-state index is 0.125. The zero-order valence-electron chi connectivity index (χ0n) is 17.7. The smallest absolute Gasteiger partial charge is 0.338 e. The molecule has 1 aliphatic rings. The molecule has 3 rings (SSSR count). The molecule has 0 radical (unpaired) electrons. The van der Waals surface area contributed by atoms with E-state index < -0.39 is 41.2 Å². The van der Waals surface area contributed by atoms with E-state index in [2.05, 4.69) is 15.7 Å². The van der Waals surface area contributed by atoms with Gasteiger partial charge in [-0.1, -0.05) is 6.07 Å². The summed E-state index contributed by atoms with van der Waals surface area (Å²) in [6, 6.07) is 4.35. The van der Waals surface area contributed by atoms with Gasteiger partial charge in [-0.05, 0) is 50.8 Å². The number of anilines is 1. The first kappa shape index (κ1) is 23.6. The fraction of sp³-hybridized carbons (Fsp3) is 0.476. The van der Waals surface area contributed by atoms with Gasteiger partial charge >= 0.3 is 12.2 Å². The average Bonchev–Trinajstić information content (AvgIpc) is 3.18. The van der Waals surface area contributed by atoms with E-state index in [0.29, 0.717) is 25.1 Å². The van der Waals surface area contributed by atoms with Gasteiger partial charge in [-0.25, -0.2) is 9.18 Å². The maximum Gasteiger partial charge on any atom is 0.433 e. The van der Waals surface area contributed by atoms with Crippen molar-refractivity contribution in [2.45, 2.75) is 38.9 Å². The zero-order chi connectivity index (χ0) is 23.5. The Morgan fingerprint density at radius 3 is 2.69 bits per heavy atom. The zero-order valence-corrected chi connectivity index (χ0v) is 17.7. The number of likely N-dealkylation sites (tertiary alicyclic amines) is 1. The number of hydrogen-bond donors (Lipinski definition) is 2. The van der Waals surface area contributed by atoms with Crippen LogP contribution in [0.2, 0.25) is 0 Å². The summed E-state index contributed by atoms with van der Waals surface area (Å²) in [5.74, 6) is -1.33. The van der Waals surface area contributed by atoms with Crippen molar-refractivity contribution in [3.8, 4) is 0 Å². The molecule has 1 aromatic heterocycles. The lowest BCUT2D eigenvalue weighted by Crippen LogP contribution is -2.44. The molecule has 0 spiro atoms. The molecule has 174 valence electrons. The molecule has 1 saturated heterocycles. The van der Waals surface area contributed by atoms with E-state index in [0.717, 1.165) is 10.9 Å². The van der Waals surface area contributed by atoms with Crippen molar-refractivity contribution in [1.29, 1.82) is 0 Å². The molecular weight excluding hydrogens is 430 g/mol. The summed E-state index contributed by atoms with van der Waals surface area (Å²) in [5.41, 5.74) is -1.22. The highest BCUT2D eigenvalue weighted by molar-refractivity contribution is 5.95. The fourth-order valence-electron chi connectivity index (χ4n) is 3.76. The van der Waals surface area contributed by atoms with Gasteiger partial charge in [0.1, 0.15) is 5.82 Å². The first-order valence-corrected chi connectivity index (χ1v) is 10.3. The van der Waals surface area contributed by atoms with Crippen LogP contribution in [0, 0.1) is 11.7 Å². The van der Waals surface area contributed by atoms with E-state index in [4.69, 9.17) is 0 Å². The summed E-state index contributed by atoms with van der Waals surface area (Å²) in [7, 11) is 0. The third kappa shape index (κ3) is 5.57. The van der Waals surface area contributed by atoms with Gasteiger partial charge in [-0.15, -0.1) is 0 Å². The number of hydrogen-bond acceptors (Lipinski definition) is 3. The van der Waals surface area contributed by atoms with E-state index in [1.54, 1.807) is 19.9 Å². The van der Waals surface area contributed by atoms with Crippen LogP contribution in [-0.4, -0.2) is 46.3 Å². The number of amides is 3. The molecule has 2 aromatic rings. The van der Waals surface area contributed by atoms with E-state index in [1.807, 2.05) is 0 Å². The van der Waals surface area contributed by atoms with Crippen LogP contribution < -0.4 is 10.6 Å². The summed E-state index contributed by atoms with van der Waals surface area (Å²) < 4.78 is 54.9. The van der Waals surface area contributed by atoms with Gasteiger partial charge in [0.05, 0.1) is 11.8 Å². The summed E-state index contributed by atoms with van der Waals surface area (Å²) in [4.78, 5) is 26.3. The Morgan fingerprint density at radius 1 is 1.28 bits per heavy atom. The fourth-order valence-corrected chi connectivity index (χ4v) is 3.76. The number of urea groups is 1. The van der Waals surface area contributed by atoms with E-state index in [9.17, 15) is 27.2 Å². The van der Waals surface area contributed by atoms with Crippen LogP contribution in [0.5, 0.6) is 0 Å². The Hall–Kier alpha value is -3.11. The molecule has 11 heteroatoms. The third-order valence-electron chi connectivity index (χ3n) is 5.22. The monoisotopic (exact) mass is 455 g/mol. The number of halogens is 4. The second-order valence-electron chi connectivity index (χ2n) is 8.05. The molecule has 1 fully saturated rings. The first-order valence-electron chi connectivity index (χ1n) is 10.3. The Balaban J connectivity index is 1.62. The molecular formula is C21H25F4N5O2. The lowest BCUT2D eigenvalue weighted by Gasteiger charge is -2.33. The summed E-state index contributed by atoms with van der Waals surface area (Å²) in [6.45, 7) is 3.89. The van der Waals surface area contributed by atoms with Crippen LogP contribution in [0.3, 0.4) is 0 Å². The number of carbonyl (C=O) groups is 2. The van der Waals surface area contributed by atoms with Crippen LogP contribution in [0.25, 0.3) is 0 Å². The number of piperidine rings is 1. The Bertz CT molecular complexity index is 973. The van der Waals surface area contributed by atoms with Crippen LogP contribution >= 0.6 is 0 Å². The Kier molecular flexibility index (Phi) is 7.05. The molecule has 0 aliphatic carbocycles. The third-order valence-corrected chi connectivity index (χ3v) is 5.22. The van der Waals surface area contributed by atoms with Crippen molar-refractivity contribution >= 4 is 17.6 Å². The molecule has 1 atom stereocenters. The van der Waals surface area contributed by atoms with Crippen molar-refractivity contribution in [2.24, 2.45) is 5.92 Å². The predicted octanol–water partition coefficient (Wildman–Crippen LogP) is 4.30. The van der Waals surface area contributed by atoms with Gasteiger partial charge in [-0.2, -0.15) is 18.3 Å². The molecule has 2 N–H and O–H groups in total. The Labute approximate surface area is 182 Å². The van der Waals surface area contributed by atoms with Crippen LogP contribution in [0.15, 0.2) is 30.5 Å². The number of nitrogens with one attached hydrogen (secondary N) is 2. The molecule has 7 nitrogen and oxygen atoms in total. The van der Waals surface area contributed by atoms with Crippen LogP contribution in [0.1, 0.15) is 48.8 Å². The van der Waals surface area contributed by atoms with Gasteiger partial charge in [0.25, 0.3) is 5.91 Å². The summed E-state index contributed by atoms with van der Waals surface area (Å²) in [5, 5.41) is 8.96. The quantitative estimate of drug-likeness (QED) is 0.660. The minimum atomic E-state index is -4.71. The number of benzene rings is 1. The van der Waals surface area contributed by atoms with Crippen molar-refractivity contribution < 1.29 is 27.2 Å². The lowest BCUT2D eigenvalue weighted by molar-refractivity contribution is -0.145. The molecule has 0 bridgehead atoms. The van der Waals surface area contributed by atoms with E-state index in [-0.39, 0.29) is 19.0 Å². The highest BCUT2D eigenvalue weighted by atomic mass is 19.4. The van der Waals surface area contributed by atoms with Gasteiger partial charge in [0.2, 0.25) is 0 Å². The number of carbonyl (C=O) groups excluding carboxylic acids is 2. The highest BCUT2D eigenvalue weighted by Gasteiger charge is 2.42. The second kappa shape index (κ2) is 9.58. The standard InChI is InChI=1S/C21H25F4N5O2/c1-13(2)30-18(21(23,24)25)17(11-27-30)19(31)29-8-4-5-14(12-29)10-26-20(32)28-16-7-3-6-15(22)9-16/h3,6-7,9,11,13-14H,4-5,8,10,12H2,1-2H3,(H2,26,28,32). The maximum atomic E-state index is 13.6. The number of aromatic nitrogens is 2. The van der Waals surface area contributed by atoms with Gasteiger partial charge < -0.3 is 15.5 Å². The lowest BCUT2D eigenvalue weighted by atomic mass is 9.97. The topological polar surface area (TPSA) is 79.3 Å². The van der Waals surface area contributed by atoms with Gasteiger partial charge in [-0.3, -0.25) is 9.48 Å². The number of nitrogens with zero attached hydrogens (tertiary/aromatic N) is 3. The number of rotatable bonds is 5. The number of alkyl halides is 3. The molecule has 1 aliphatic heterocycles. The average molecular weight is 455 g/mol. The van der Waals surface area contributed by atoms with E-state index >= 15 is 0 Å². The minimum Gasteiger partial charge on any atom is -0.338 e. The Morgan fingerprint density at radius 2 is 2.03 bits per heavy atom. The molecule has 0 saturated carbocycles. The summed E-state index contributed by atoms with van der Waals surface area (Å²) >= 11 is 0. The summed E-state index contributed by atoms with van der Waals surface area (Å²) in [6.07, 6.45) is -2.43. The molecule has 3 amide bonds. The van der Waals surface area contributed by atoms with E-state index in [1.165, 1.54) is 23.1 Å². The van der Waals surface area contributed by atoms with Gasteiger partial charge in [0, 0.05) is 31.4 Å². The van der Waals surface area contributed by atoms with Crippen molar-refractivity contribution in [1.82, 2.24) is 20.0 Å². The normalized spacial score (nSPS) is 16.8. The molecule has 32 heavy (non-hydrogen) atoms. The molecule has 1 unspecified atom stereocenters. The predicted molar refractivity (Wildman–Crippen MR) is 110 cm³/mol. The maximum absolute atomic E-state index is 13.6. The SMILES string of the molecule is CC(C)n1ncc(C(=O)N2CCCC(CNC(=O)Nc3cccc(F)c3)C2)c1C(F)(F)F. The largest absolute Gasteiger partial charge is 0.433 e. The van der Waals surface area contributed by atoms with Crippen molar-refractivity contribution in [2.75, 3.05) is 25.0 Å². The van der Waals surface area contributed by atoms with Crippen molar-refractivity contribution in [3.63, 3.8) is 0 Å². The van der Waals surface area contributed by atoms with Gasteiger partial charge in [0.15, 0.2) is 5.69 Å². The van der Waals surface area contributed by atoms with Crippen LogP contribution in [-0.2, 0) is 6.18 Å². The second-order valence-corrected chi connectivity index (χ2v) is 8.05.